The highest BCUT2D eigenvalue weighted by atomic mass is 32.1. The van der Waals surface area contributed by atoms with Crippen LogP contribution in [0.15, 0.2) is 30.6 Å². The molecular weight excluding hydrogens is 294 g/mol. The van der Waals surface area contributed by atoms with Gasteiger partial charge in [0.2, 0.25) is 0 Å². The molecule has 2 heterocycles. The van der Waals surface area contributed by atoms with Crippen LogP contribution in [0.1, 0.15) is 23.8 Å². The number of hydrogen-bond acceptors (Lipinski definition) is 5. The number of aromatic hydroxyl groups is 1. The van der Waals surface area contributed by atoms with Crippen molar-refractivity contribution in [2.45, 2.75) is 26.2 Å². The highest BCUT2D eigenvalue weighted by Gasteiger charge is 2.23. The van der Waals surface area contributed by atoms with Gasteiger partial charge in [-0.2, -0.15) is 0 Å². The van der Waals surface area contributed by atoms with E-state index < -0.39 is 0 Å². The van der Waals surface area contributed by atoms with Crippen molar-refractivity contribution in [1.29, 1.82) is 0 Å². The van der Waals surface area contributed by atoms with Gasteiger partial charge < -0.3 is 10.4 Å². The summed E-state index contributed by atoms with van der Waals surface area (Å²) in [4.78, 5) is 11.4. The monoisotopic (exact) mass is 311 g/mol. The third-order valence-electron chi connectivity index (χ3n) is 4.20. The molecule has 112 valence electrons. The molecule has 0 saturated heterocycles. The van der Waals surface area contributed by atoms with Gasteiger partial charge >= 0.3 is 0 Å². The molecule has 2 N–H and O–H groups in total. The highest BCUT2D eigenvalue weighted by Crippen LogP contribution is 2.40. The average molecular weight is 311 g/mol. The SMILES string of the molecule is CC1CCc2c(sc3ncnc(Nc4cccc(O)c4)c23)C1. The van der Waals surface area contributed by atoms with Gasteiger partial charge in [-0.15, -0.1) is 11.3 Å². The first-order valence-electron chi connectivity index (χ1n) is 7.52. The minimum absolute atomic E-state index is 0.247. The normalized spacial score (nSPS) is 17.4. The van der Waals surface area contributed by atoms with Gasteiger partial charge in [0.05, 0.1) is 5.39 Å². The Kier molecular flexibility index (Phi) is 3.22. The number of nitrogens with zero attached hydrogens (tertiary/aromatic N) is 2. The van der Waals surface area contributed by atoms with Crippen LogP contribution < -0.4 is 5.32 Å². The Morgan fingerprint density at radius 2 is 2.23 bits per heavy atom. The van der Waals surface area contributed by atoms with Crippen LogP contribution in [0.5, 0.6) is 5.75 Å². The largest absolute Gasteiger partial charge is 0.508 e. The van der Waals surface area contributed by atoms with Crippen molar-refractivity contribution in [3.63, 3.8) is 0 Å². The summed E-state index contributed by atoms with van der Waals surface area (Å²) < 4.78 is 0. The molecule has 1 aliphatic carbocycles. The Morgan fingerprint density at radius 3 is 3.09 bits per heavy atom. The fraction of sp³-hybridized carbons (Fsp3) is 0.294. The van der Waals surface area contributed by atoms with Crippen LogP contribution >= 0.6 is 11.3 Å². The summed E-state index contributed by atoms with van der Waals surface area (Å²) >= 11 is 1.79. The lowest BCUT2D eigenvalue weighted by Gasteiger charge is -2.18. The molecule has 2 aromatic heterocycles. The number of hydrogen-bond donors (Lipinski definition) is 2. The second-order valence-corrected chi connectivity index (χ2v) is 7.01. The van der Waals surface area contributed by atoms with E-state index in [0.29, 0.717) is 0 Å². The summed E-state index contributed by atoms with van der Waals surface area (Å²) in [6.45, 7) is 2.31. The first-order valence-corrected chi connectivity index (χ1v) is 8.33. The van der Waals surface area contributed by atoms with E-state index in [1.165, 1.54) is 16.9 Å². The van der Waals surface area contributed by atoms with E-state index in [4.69, 9.17) is 0 Å². The molecule has 1 aliphatic rings. The maximum Gasteiger partial charge on any atom is 0.142 e. The zero-order valence-corrected chi connectivity index (χ0v) is 13.2. The zero-order valence-electron chi connectivity index (χ0n) is 12.3. The van der Waals surface area contributed by atoms with Crippen molar-refractivity contribution in [3.8, 4) is 5.75 Å². The zero-order chi connectivity index (χ0) is 15.1. The van der Waals surface area contributed by atoms with Gasteiger partial charge in [0, 0.05) is 16.6 Å². The first kappa shape index (κ1) is 13.5. The maximum absolute atomic E-state index is 9.61. The molecule has 0 aliphatic heterocycles. The van der Waals surface area contributed by atoms with E-state index in [1.807, 2.05) is 12.1 Å². The van der Waals surface area contributed by atoms with Crippen molar-refractivity contribution < 1.29 is 5.11 Å². The summed E-state index contributed by atoms with van der Waals surface area (Å²) in [6, 6.07) is 7.11. The van der Waals surface area contributed by atoms with E-state index in [0.717, 1.165) is 40.5 Å². The molecule has 0 fully saturated rings. The summed E-state index contributed by atoms with van der Waals surface area (Å²) in [6.07, 6.45) is 5.07. The van der Waals surface area contributed by atoms with Crippen molar-refractivity contribution in [1.82, 2.24) is 9.97 Å². The molecular formula is C17H17N3OS. The minimum Gasteiger partial charge on any atom is -0.508 e. The molecule has 0 spiro atoms. The predicted octanol–water partition coefficient (Wildman–Crippen LogP) is 4.27. The van der Waals surface area contributed by atoms with Crippen LogP contribution in [0.2, 0.25) is 0 Å². The molecule has 1 atom stereocenters. The van der Waals surface area contributed by atoms with Crippen molar-refractivity contribution in [3.05, 3.63) is 41.0 Å². The van der Waals surface area contributed by atoms with Gasteiger partial charge in [0.25, 0.3) is 0 Å². The second kappa shape index (κ2) is 5.25. The number of aromatic nitrogens is 2. The topological polar surface area (TPSA) is 58.0 Å². The number of thiophene rings is 1. The quantitative estimate of drug-likeness (QED) is 0.742. The van der Waals surface area contributed by atoms with E-state index in [2.05, 4.69) is 22.2 Å². The van der Waals surface area contributed by atoms with Gasteiger partial charge in [0.1, 0.15) is 22.7 Å². The molecule has 22 heavy (non-hydrogen) atoms. The molecule has 0 amide bonds. The molecule has 5 heteroatoms. The molecule has 1 unspecified atom stereocenters. The molecule has 0 radical (unpaired) electrons. The number of fused-ring (bicyclic) bond motifs is 3. The fourth-order valence-corrected chi connectivity index (χ4v) is 4.44. The van der Waals surface area contributed by atoms with Crippen molar-refractivity contribution in [2.24, 2.45) is 5.92 Å². The molecule has 1 aromatic carbocycles. The first-order chi connectivity index (χ1) is 10.7. The highest BCUT2D eigenvalue weighted by molar-refractivity contribution is 7.19. The lowest BCUT2D eigenvalue weighted by atomic mass is 9.89. The Bertz CT molecular complexity index is 843. The Labute approximate surface area is 132 Å². The number of phenolic OH excluding ortho intramolecular Hbond substituents is 1. The van der Waals surface area contributed by atoms with Crippen LogP contribution in [-0.4, -0.2) is 15.1 Å². The van der Waals surface area contributed by atoms with Gasteiger partial charge in [-0.3, -0.25) is 0 Å². The molecule has 0 bridgehead atoms. The van der Waals surface area contributed by atoms with Crippen LogP contribution in [-0.2, 0) is 12.8 Å². The van der Waals surface area contributed by atoms with Crippen LogP contribution in [0.4, 0.5) is 11.5 Å². The average Bonchev–Trinajstić information content (AvgIpc) is 2.85. The van der Waals surface area contributed by atoms with Crippen molar-refractivity contribution >= 4 is 33.1 Å². The number of anilines is 2. The second-order valence-electron chi connectivity index (χ2n) is 5.93. The predicted molar refractivity (Wildman–Crippen MR) is 90.0 cm³/mol. The maximum atomic E-state index is 9.61. The summed E-state index contributed by atoms with van der Waals surface area (Å²) in [5, 5.41) is 14.1. The van der Waals surface area contributed by atoms with E-state index >= 15 is 0 Å². The van der Waals surface area contributed by atoms with E-state index in [-0.39, 0.29) is 5.75 Å². The number of aryl methyl sites for hydroxylation is 1. The third kappa shape index (κ3) is 2.31. The van der Waals surface area contributed by atoms with E-state index in [9.17, 15) is 5.11 Å². The third-order valence-corrected chi connectivity index (χ3v) is 5.36. The Morgan fingerprint density at radius 1 is 1.32 bits per heavy atom. The smallest absolute Gasteiger partial charge is 0.142 e. The standard InChI is InChI=1S/C17H17N3OS/c1-10-5-6-13-14(7-10)22-17-15(13)16(18-9-19-17)20-11-3-2-4-12(21)8-11/h2-4,8-10,21H,5-7H2,1H3,(H,18,19,20). The Hall–Kier alpha value is -2.14. The van der Waals surface area contributed by atoms with Crippen LogP contribution in [0.3, 0.4) is 0 Å². The Balaban J connectivity index is 1.81. The molecule has 4 nitrogen and oxygen atoms in total. The van der Waals surface area contributed by atoms with Crippen LogP contribution in [0.25, 0.3) is 10.2 Å². The fourth-order valence-electron chi connectivity index (χ4n) is 3.09. The van der Waals surface area contributed by atoms with E-state index in [1.54, 1.807) is 29.8 Å². The minimum atomic E-state index is 0.247. The summed E-state index contributed by atoms with van der Waals surface area (Å²) in [5.74, 6) is 1.83. The molecule has 4 rings (SSSR count). The number of benzene rings is 1. The lowest BCUT2D eigenvalue weighted by Crippen LogP contribution is -2.09. The summed E-state index contributed by atoms with van der Waals surface area (Å²) in [7, 11) is 0. The van der Waals surface area contributed by atoms with Gasteiger partial charge in [-0.25, -0.2) is 9.97 Å². The molecule has 3 aromatic rings. The lowest BCUT2D eigenvalue weighted by molar-refractivity contribution is 0.475. The van der Waals surface area contributed by atoms with Crippen molar-refractivity contribution in [2.75, 3.05) is 5.32 Å². The summed E-state index contributed by atoms with van der Waals surface area (Å²) in [5.41, 5.74) is 2.24. The van der Waals surface area contributed by atoms with Gasteiger partial charge in [-0.05, 0) is 42.9 Å². The molecule has 0 saturated carbocycles. The number of rotatable bonds is 2. The number of nitrogens with one attached hydrogen (secondary N) is 1. The van der Waals surface area contributed by atoms with Gasteiger partial charge in [-0.1, -0.05) is 13.0 Å². The number of phenols is 1. The van der Waals surface area contributed by atoms with Gasteiger partial charge in [0.15, 0.2) is 0 Å². The van der Waals surface area contributed by atoms with Crippen LogP contribution in [0, 0.1) is 5.92 Å².